The van der Waals surface area contributed by atoms with Crippen molar-refractivity contribution < 1.29 is 24.2 Å². The highest BCUT2D eigenvalue weighted by molar-refractivity contribution is 6.11. The first-order chi connectivity index (χ1) is 14.5. The first kappa shape index (κ1) is 21.6. The van der Waals surface area contributed by atoms with E-state index < -0.39 is 17.7 Å². The Labute approximate surface area is 175 Å². The highest BCUT2D eigenvalue weighted by Gasteiger charge is 2.51. The normalized spacial score (nSPS) is 17.8. The Morgan fingerprint density at radius 1 is 1.13 bits per heavy atom. The van der Waals surface area contributed by atoms with Crippen LogP contribution in [0.2, 0.25) is 0 Å². The van der Waals surface area contributed by atoms with E-state index in [0.29, 0.717) is 55.5 Å². The van der Waals surface area contributed by atoms with E-state index in [9.17, 15) is 14.7 Å². The molecule has 1 unspecified atom stereocenters. The Kier molecular flexibility index (Phi) is 6.91. The molecular weight excluding hydrogens is 386 g/mol. The van der Waals surface area contributed by atoms with Crippen molar-refractivity contribution in [3.8, 4) is 5.75 Å². The summed E-state index contributed by atoms with van der Waals surface area (Å²) in [6.07, 6.45) is 0.590. The number of fused-ring (bicyclic) bond motifs is 1. The predicted molar refractivity (Wildman–Crippen MR) is 114 cm³/mol. The van der Waals surface area contributed by atoms with Gasteiger partial charge in [-0.1, -0.05) is 18.2 Å². The summed E-state index contributed by atoms with van der Waals surface area (Å²) in [6, 6.07) is 12.7. The largest absolute Gasteiger partial charge is 0.494 e. The van der Waals surface area contributed by atoms with Crippen molar-refractivity contribution in [1.82, 2.24) is 5.32 Å². The van der Waals surface area contributed by atoms with E-state index in [2.05, 4.69) is 10.6 Å². The molecule has 2 aromatic carbocycles. The number of anilines is 2. The van der Waals surface area contributed by atoms with Gasteiger partial charge >= 0.3 is 6.03 Å². The molecule has 8 heteroatoms. The number of carbonyl (C=O) groups excluding carboxylic acids is 2. The molecule has 0 saturated carbocycles. The van der Waals surface area contributed by atoms with Gasteiger partial charge in [-0.3, -0.25) is 9.69 Å². The number of rotatable bonds is 9. The van der Waals surface area contributed by atoms with Gasteiger partial charge in [-0.2, -0.15) is 0 Å². The molecule has 160 valence electrons. The van der Waals surface area contributed by atoms with Gasteiger partial charge in [-0.05, 0) is 50.6 Å². The number of para-hydroxylation sites is 1. The van der Waals surface area contributed by atoms with Crippen LogP contribution >= 0.6 is 0 Å². The number of ether oxygens (including phenoxy) is 2. The van der Waals surface area contributed by atoms with Gasteiger partial charge < -0.3 is 25.2 Å². The summed E-state index contributed by atoms with van der Waals surface area (Å²) in [6.45, 7) is 5.67. The summed E-state index contributed by atoms with van der Waals surface area (Å²) in [5.74, 6) is -0.0573. The highest BCUT2D eigenvalue weighted by Crippen LogP contribution is 2.40. The fourth-order valence-corrected chi connectivity index (χ4v) is 3.36. The maximum atomic E-state index is 13.2. The van der Waals surface area contributed by atoms with E-state index in [1.54, 1.807) is 48.5 Å². The molecular formula is C22H27N3O5. The van der Waals surface area contributed by atoms with Gasteiger partial charge in [-0.25, -0.2) is 4.79 Å². The lowest BCUT2D eigenvalue weighted by Crippen LogP contribution is -2.62. The topological polar surface area (TPSA) is 100 Å². The van der Waals surface area contributed by atoms with Gasteiger partial charge in [0, 0.05) is 31.0 Å². The van der Waals surface area contributed by atoms with Crippen molar-refractivity contribution in [3.63, 3.8) is 0 Å². The fourth-order valence-electron chi connectivity index (χ4n) is 3.36. The van der Waals surface area contributed by atoms with Crippen LogP contribution in [0, 0.1) is 0 Å². The number of aliphatic hydroxyl groups is 1. The van der Waals surface area contributed by atoms with Crippen LogP contribution in [0.3, 0.4) is 0 Å². The van der Waals surface area contributed by atoms with Gasteiger partial charge in [0.05, 0.1) is 12.3 Å². The number of nitrogens with one attached hydrogen (secondary N) is 2. The molecule has 0 aliphatic carbocycles. The van der Waals surface area contributed by atoms with E-state index in [1.165, 1.54) is 0 Å². The van der Waals surface area contributed by atoms with Crippen LogP contribution in [0.25, 0.3) is 0 Å². The number of benzene rings is 2. The Balaban J connectivity index is 1.94. The number of hydrogen-bond acceptors (Lipinski definition) is 5. The third-order valence-corrected chi connectivity index (χ3v) is 4.75. The maximum absolute atomic E-state index is 13.2. The van der Waals surface area contributed by atoms with Crippen LogP contribution in [-0.2, 0) is 15.3 Å². The molecule has 0 fully saturated rings. The average molecular weight is 413 g/mol. The molecule has 3 amide bonds. The zero-order chi connectivity index (χ0) is 21.6. The molecule has 0 bridgehead atoms. The quantitative estimate of drug-likeness (QED) is 0.549. The summed E-state index contributed by atoms with van der Waals surface area (Å²) in [4.78, 5) is 27.2. The van der Waals surface area contributed by atoms with Crippen LogP contribution in [0.15, 0.2) is 48.5 Å². The van der Waals surface area contributed by atoms with Crippen molar-refractivity contribution in [2.24, 2.45) is 0 Å². The molecule has 1 atom stereocenters. The lowest BCUT2D eigenvalue weighted by molar-refractivity contribution is -0.140. The van der Waals surface area contributed by atoms with Crippen LogP contribution in [0.4, 0.5) is 16.2 Å². The zero-order valence-electron chi connectivity index (χ0n) is 17.2. The third kappa shape index (κ3) is 4.24. The zero-order valence-corrected chi connectivity index (χ0v) is 17.2. The lowest BCUT2D eigenvalue weighted by atomic mass is 9.94. The molecule has 30 heavy (non-hydrogen) atoms. The van der Waals surface area contributed by atoms with Crippen molar-refractivity contribution in [2.45, 2.75) is 26.0 Å². The van der Waals surface area contributed by atoms with Crippen molar-refractivity contribution in [3.05, 3.63) is 54.1 Å². The molecule has 2 aromatic rings. The highest BCUT2D eigenvalue weighted by atomic mass is 16.5. The molecule has 0 aromatic heterocycles. The summed E-state index contributed by atoms with van der Waals surface area (Å²) in [7, 11) is 0. The summed E-state index contributed by atoms with van der Waals surface area (Å²) in [5, 5.41) is 17.1. The van der Waals surface area contributed by atoms with Gasteiger partial charge in [0.25, 0.3) is 11.6 Å². The molecule has 0 spiro atoms. The van der Waals surface area contributed by atoms with Crippen LogP contribution < -0.4 is 20.3 Å². The van der Waals surface area contributed by atoms with E-state index >= 15 is 0 Å². The molecule has 0 radical (unpaired) electrons. The average Bonchev–Trinajstić information content (AvgIpc) is 2.75. The minimum absolute atomic E-state index is 0.292. The molecule has 3 rings (SSSR count). The number of carbonyl (C=O) groups is 2. The summed E-state index contributed by atoms with van der Waals surface area (Å²) in [5.41, 5.74) is -1.17. The molecule has 3 N–H and O–H groups in total. The Morgan fingerprint density at radius 2 is 1.87 bits per heavy atom. The van der Waals surface area contributed by atoms with Crippen LogP contribution in [0.5, 0.6) is 5.75 Å². The standard InChI is InChI=1S/C22H27N3O5/c1-3-29-15-7-14-23-20(26)22(28)18-8-5-6-9-19(18)24-21(27)25(22)16-10-12-17(13-11-16)30-4-2/h5-6,8-13,28H,3-4,7,14-15H2,1-2H3,(H,23,26)(H,24,27). The first-order valence-electron chi connectivity index (χ1n) is 10.0. The van der Waals surface area contributed by atoms with E-state index in [0.717, 1.165) is 4.90 Å². The van der Waals surface area contributed by atoms with Crippen molar-refractivity contribution in [1.29, 1.82) is 0 Å². The van der Waals surface area contributed by atoms with E-state index in [4.69, 9.17) is 9.47 Å². The maximum Gasteiger partial charge on any atom is 0.329 e. The number of hydrogen-bond donors (Lipinski definition) is 3. The molecule has 0 saturated heterocycles. The second-order valence-corrected chi connectivity index (χ2v) is 6.72. The Morgan fingerprint density at radius 3 is 2.57 bits per heavy atom. The molecule has 1 aliphatic heterocycles. The van der Waals surface area contributed by atoms with E-state index in [1.807, 2.05) is 13.8 Å². The molecule has 8 nitrogen and oxygen atoms in total. The van der Waals surface area contributed by atoms with Crippen molar-refractivity contribution >= 4 is 23.3 Å². The fraction of sp³-hybridized carbons (Fsp3) is 0.364. The van der Waals surface area contributed by atoms with Gasteiger partial charge in [0.15, 0.2) is 0 Å². The third-order valence-electron chi connectivity index (χ3n) is 4.75. The smallest absolute Gasteiger partial charge is 0.329 e. The number of amides is 3. The predicted octanol–water partition coefficient (Wildman–Crippen LogP) is 2.83. The second-order valence-electron chi connectivity index (χ2n) is 6.72. The van der Waals surface area contributed by atoms with Gasteiger partial charge in [-0.15, -0.1) is 0 Å². The molecule has 1 aliphatic rings. The number of nitrogens with zero attached hydrogens (tertiary/aromatic N) is 1. The lowest BCUT2D eigenvalue weighted by Gasteiger charge is -2.42. The van der Waals surface area contributed by atoms with Crippen LogP contribution in [0.1, 0.15) is 25.8 Å². The van der Waals surface area contributed by atoms with Crippen LogP contribution in [-0.4, -0.2) is 43.4 Å². The van der Waals surface area contributed by atoms with Gasteiger partial charge in [0.1, 0.15) is 5.75 Å². The van der Waals surface area contributed by atoms with E-state index in [-0.39, 0.29) is 0 Å². The van der Waals surface area contributed by atoms with Gasteiger partial charge in [0.2, 0.25) is 0 Å². The monoisotopic (exact) mass is 413 g/mol. The Hall–Kier alpha value is -3.10. The van der Waals surface area contributed by atoms with Crippen molar-refractivity contribution in [2.75, 3.05) is 36.6 Å². The SMILES string of the molecule is CCOCCCNC(=O)C1(O)c2ccccc2NC(=O)N1c1ccc(OCC)cc1. The number of urea groups is 1. The summed E-state index contributed by atoms with van der Waals surface area (Å²) >= 11 is 0. The Bertz CT molecular complexity index is 887. The minimum Gasteiger partial charge on any atom is -0.494 e. The summed E-state index contributed by atoms with van der Waals surface area (Å²) < 4.78 is 10.7. The minimum atomic E-state index is -2.21. The first-order valence-corrected chi connectivity index (χ1v) is 10.0. The second kappa shape index (κ2) is 9.60. The molecule has 1 heterocycles.